The number of alkyl halides is 3. The van der Waals surface area contributed by atoms with E-state index in [1.54, 1.807) is 6.07 Å². The second kappa shape index (κ2) is 8.22. The van der Waals surface area contributed by atoms with Crippen molar-refractivity contribution < 1.29 is 18.0 Å². The van der Waals surface area contributed by atoms with Crippen LogP contribution in [0.2, 0.25) is 0 Å². The van der Waals surface area contributed by atoms with Crippen LogP contribution in [0.4, 0.5) is 29.3 Å². The Labute approximate surface area is 172 Å². The molecule has 0 saturated carbocycles. The molecule has 1 aliphatic rings. The maximum Gasteiger partial charge on any atom is 0.418 e. The van der Waals surface area contributed by atoms with Crippen LogP contribution in [0.5, 0.6) is 0 Å². The molecule has 0 bridgehead atoms. The zero-order chi connectivity index (χ0) is 21.1. The molecule has 0 saturated heterocycles. The molecular formula is C24H21F3N2O. The number of urea groups is 1. The molecule has 30 heavy (non-hydrogen) atoms. The van der Waals surface area contributed by atoms with E-state index in [9.17, 15) is 18.0 Å². The van der Waals surface area contributed by atoms with E-state index in [1.807, 2.05) is 18.2 Å². The lowest BCUT2D eigenvalue weighted by Gasteiger charge is -2.17. The molecule has 4 rings (SSSR count). The van der Waals surface area contributed by atoms with Gasteiger partial charge in [0, 0.05) is 5.69 Å². The molecule has 0 aliphatic heterocycles. The topological polar surface area (TPSA) is 41.1 Å². The number of fused-ring (bicyclic) bond motifs is 1. The molecule has 0 radical (unpaired) electrons. The van der Waals surface area contributed by atoms with E-state index in [0.717, 1.165) is 30.0 Å². The van der Waals surface area contributed by atoms with Gasteiger partial charge < -0.3 is 10.6 Å². The summed E-state index contributed by atoms with van der Waals surface area (Å²) in [5.41, 5.74) is 4.09. The highest BCUT2D eigenvalue weighted by molar-refractivity contribution is 6.00. The van der Waals surface area contributed by atoms with Crippen LogP contribution >= 0.6 is 0 Å². The number of nitrogens with one attached hydrogen (secondary N) is 2. The first kappa shape index (κ1) is 20.0. The molecule has 0 fully saturated rings. The number of benzene rings is 3. The fraction of sp³-hybridized carbons (Fsp3) is 0.208. The summed E-state index contributed by atoms with van der Waals surface area (Å²) in [6.07, 6.45) is 0.0467. The standard InChI is InChI=1S/C24H21F3N2O/c25-24(26,27)21-10-3-4-11-22(21)29-23(30)28-20-9-5-8-18(15-20)19-13-12-16-6-1-2-7-17(16)14-19/h3-5,8-15H,1-2,6-7H2,(H2,28,29,30). The highest BCUT2D eigenvalue weighted by Gasteiger charge is 2.33. The van der Waals surface area contributed by atoms with E-state index >= 15 is 0 Å². The smallest absolute Gasteiger partial charge is 0.308 e. The van der Waals surface area contributed by atoms with Crippen molar-refractivity contribution in [1.29, 1.82) is 0 Å². The van der Waals surface area contributed by atoms with E-state index in [1.165, 1.54) is 42.2 Å². The predicted molar refractivity (Wildman–Crippen MR) is 113 cm³/mol. The van der Waals surface area contributed by atoms with Crippen molar-refractivity contribution in [1.82, 2.24) is 0 Å². The minimum atomic E-state index is -4.55. The minimum absolute atomic E-state index is 0.284. The molecular weight excluding hydrogens is 389 g/mol. The van der Waals surface area contributed by atoms with Gasteiger partial charge in [-0.1, -0.05) is 42.5 Å². The third-order valence-electron chi connectivity index (χ3n) is 5.28. The number of rotatable bonds is 3. The Bertz CT molecular complexity index is 1080. The largest absolute Gasteiger partial charge is 0.418 e. The van der Waals surface area contributed by atoms with Gasteiger partial charge in [0.05, 0.1) is 11.3 Å². The molecule has 0 unspecified atom stereocenters. The lowest BCUT2D eigenvalue weighted by atomic mass is 9.89. The van der Waals surface area contributed by atoms with E-state index < -0.39 is 17.8 Å². The van der Waals surface area contributed by atoms with E-state index in [2.05, 4.69) is 28.8 Å². The summed E-state index contributed by atoms with van der Waals surface area (Å²) >= 11 is 0. The van der Waals surface area contributed by atoms with Crippen LogP contribution in [-0.4, -0.2) is 6.03 Å². The van der Waals surface area contributed by atoms with Crippen LogP contribution in [0.25, 0.3) is 11.1 Å². The average Bonchev–Trinajstić information content (AvgIpc) is 2.73. The van der Waals surface area contributed by atoms with Gasteiger partial charge in [0.1, 0.15) is 0 Å². The minimum Gasteiger partial charge on any atom is -0.308 e. The molecule has 0 aromatic heterocycles. The molecule has 1 aliphatic carbocycles. The molecule has 0 spiro atoms. The van der Waals surface area contributed by atoms with Gasteiger partial charge in [-0.25, -0.2) is 4.79 Å². The Hall–Kier alpha value is -3.28. The van der Waals surface area contributed by atoms with Crippen molar-refractivity contribution in [2.75, 3.05) is 10.6 Å². The van der Waals surface area contributed by atoms with Crippen LogP contribution in [0.1, 0.15) is 29.5 Å². The van der Waals surface area contributed by atoms with Gasteiger partial charge in [0.2, 0.25) is 0 Å². The number of halogens is 3. The number of para-hydroxylation sites is 1. The Morgan fingerprint density at radius 3 is 2.30 bits per heavy atom. The number of hydrogen-bond donors (Lipinski definition) is 2. The number of anilines is 2. The number of hydrogen-bond acceptors (Lipinski definition) is 1. The first-order valence-corrected chi connectivity index (χ1v) is 9.86. The van der Waals surface area contributed by atoms with Gasteiger partial charge in [-0.2, -0.15) is 13.2 Å². The third kappa shape index (κ3) is 4.48. The molecule has 6 heteroatoms. The zero-order valence-corrected chi connectivity index (χ0v) is 16.2. The van der Waals surface area contributed by atoms with Crippen molar-refractivity contribution in [2.45, 2.75) is 31.9 Å². The van der Waals surface area contributed by atoms with Crippen molar-refractivity contribution in [3.8, 4) is 11.1 Å². The molecule has 3 nitrogen and oxygen atoms in total. The summed E-state index contributed by atoms with van der Waals surface area (Å²) in [6, 6.07) is 17.9. The zero-order valence-electron chi connectivity index (χ0n) is 16.2. The quantitative estimate of drug-likeness (QED) is 0.485. The van der Waals surface area contributed by atoms with Crippen LogP contribution in [-0.2, 0) is 19.0 Å². The van der Waals surface area contributed by atoms with E-state index in [4.69, 9.17) is 0 Å². The first-order chi connectivity index (χ1) is 14.4. The molecule has 3 aromatic rings. The fourth-order valence-corrected chi connectivity index (χ4v) is 3.81. The Kier molecular flexibility index (Phi) is 5.48. The van der Waals surface area contributed by atoms with Gasteiger partial charge in [-0.15, -0.1) is 0 Å². The molecule has 0 heterocycles. The highest BCUT2D eigenvalue weighted by atomic mass is 19.4. The lowest BCUT2D eigenvalue weighted by Crippen LogP contribution is -2.21. The van der Waals surface area contributed by atoms with E-state index in [0.29, 0.717) is 5.69 Å². The Balaban J connectivity index is 1.51. The third-order valence-corrected chi connectivity index (χ3v) is 5.28. The van der Waals surface area contributed by atoms with Gasteiger partial charge in [-0.05, 0) is 72.2 Å². The summed E-state index contributed by atoms with van der Waals surface area (Å²) in [6.45, 7) is 0. The summed E-state index contributed by atoms with van der Waals surface area (Å²) < 4.78 is 39.3. The van der Waals surface area contributed by atoms with Crippen LogP contribution in [0.3, 0.4) is 0 Å². The van der Waals surface area contributed by atoms with E-state index in [-0.39, 0.29) is 5.69 Å². The van der Waals surface area contributed by atoms with Gasteiger partial charge in [-0.3, -0.25) is 0 Å². The molecule has 2 amide bonds. The Morgan fingerprint density at radius 2 is 1.50 bits per heavy atom. The van der Waals surface area contributed by atoms with Gasteiger partial charge in [0.25, 0.3) is 0 Å². The average molecular weight is 410 g/mol. The molecule has 154 valence electrons. The highest BCUT2D eigenvalue weighted by Crippen LogP contribution is 2.34. The lowest BCUT2D eigenvalue weighted by molar-refractivity contribution is -0.136. The van der Waals surface area contributed by atoms with Gasteiger partial charge in [0.15, 0.2) is 0 Å². The maximum absolute atomic E-state index is 13.1. The van der Waals surface area contributed by atoms with Crippen LogP contribution in [0.15, 0.2) is 66.7 Å². The fourth-order valence-electron chi connectivity index (χ4n) is 3.81. The summed E-state index contributed by atoms with van der Waals surface area (Å²) in [4.78, 5) is 12.3. The second-order valence-corrected chi connectivity index (χ2v) is 7.39. The molecule has 3 aromatic carbocycles. The SMILES string of the molecule is O=C(Nc1cccc(-c2ccc3c(c2)CCCC3)c1)Nc1ccccc1C(F)(F)F. The summed E-state index contributed by atoms with van der Waals surface area (Å²) in [7, 11) is 0. The van der Waals surface area contributed by atoms with Gasteiger partial charge >= 0.3 is 12.2 Å². The monoisotopic (exact) mass is 410 g/mol. The molecule has 0 atom stereocenters. The number of carbonyl (C=O) groups is 1. The first-order valence-electron chi connectivity index (χ1n) is 9.86. The number of amides is 2. The predicted octanol–water partition coefficient (Wildman–Crippen LogP) is 6.90. The van der Waals surface area contributed by atoms with Crippen molar-refractivity contribution in [2.24, 2.45) is 0 Å². The summed E-state index contributed by atoms with van der Waals surface area (Å²) in [5, 5.41) is 4.92. The van der Waals surface area contributed by atoms with Crippen LogP contribution < -0.4 is 10.6 Å². The van der Waals surface area contributed by atoms with Crippen molar-refractivity contribution in [3.63, 3.8) is 0 Å². The van der Waals surface area contributed by atoms with Crippen LogP contribution in [0, 0.1) is 0 Å². The molecule has 2 N–H and O–H groups in total. The van der Waals surface area contributed by atoms with Crippen molar-refractivity contribution in [3.05, 3.63) is 83.4 Å². The number of carbonyl (C=O) groups excluding carboxylic acids is 1. The summed E-state index contributed by atoms with van der Waals surface area (Å²) in [5.74, 6) is 0. The number of aryl methyl sites for hydroxylation is 2. The maximum atomic E-state index is 13.1. The normalized spacial score (nSPS) is 13.4. The van der Waals surface area contributed by atoms with Crippen molar-refractivity contribution >= 4 is 17.4 Å². The Morgan fingerprint density at radius 1 is 0.767 bits per heavy atom. The second-order valence-electron chi connectivity index (χ2n) is 7.39.